The fourth-order valence-corrected chi connectivity index (χ4v) is 3.43. The highest BCUT2D eigenvalue weighted by atomic mass is 16.5. The summed E-state index contributed by atoms with van der Waals surface area (Å²) in [5.74, 6) is -0.166. The van der Waals surface area contributed by atoms with Crippen molar-refractivity contribution in [2.24, 2.45) is 0 Å². The van der Waals surface area contributed by atoms with Crippen molar-refractivity contribution in [3.8, 4) is 0 Å². The number of nitrogens with one attached hydrogen (secondary N) is 1. The second kappa shape index (κ2) is 9.36. The van der Waals surface area contributed by atoms with Crippen LogP contribution in [0.3, 0.4) is 0 Å². The minimum Gasteiger partial charge on any atom is -0.383 e. The van der Waals surface area contributed by atoms with Gasteiger partial charge in [0.1, 0.15) is 11.6 Å². The smallest absolute Gasteiger partial charge is 0.277 e. The summed E-state index contributed by atoms with van der Waals surface area (Å²) in [5.41, 5.74) is 1.80. The number of methoxy groups -OCH3 is 1. The summed E-state index contributed by atoms with van der Waals surface area (Å²) in [7, 11) is 1.56. The molecule has 2 aromatic carbocycles. The molecule has 0 aliphatic carbocycles. The number of benzene rings is 2. The minimum atomic E-state index is -0.429. The van der Waals surface area contributed by atoms with E-state index in [1.165, 1.54) is 4.68 Å². The summed E-state index contributed by atoms with van der Waals surface area (Å²) in [6.07, 6.45) is 4.29. The maximum Gasteiger partial charge on any atom is 0.277 e. The van der Waals surface area contributed by atoms with Crippen LogP contribution in [0.15, 0.2) is 77.9 Å². The Kier molecular flexibility index (Phi) is 6.18. The second-order valence-corrected chi connectivity index (χ2v) is 7.17. The standard InChI is InChI=1S/C23H23N5O3/c1-31-14-13-28-23(30)19-16-18(9-10-20(19)25-26-28)24-22(29)21(27-11-5-6-12-27)15-17-7-3-2-4-8-17/h2-12,16,21H,13-15H2,1H3,(H,24,29)/t21-/m0/s1. The molecule has 1 N–H and O–H groups in total. The highest BCUT2D eigenvalue weighted by molar-refractivity contribution is 5.96. The summed E-state index contributed by atoms with van der Waals surface area (Å²) in [6, 6.07) is 18.3. The van der Waals surface area contributed by atoms with Crippen LogP contribution in [0, 0.1) is 0 Å². The summed E-state index contributed by atoms with van der Waals surface area (Å²) in [4.78, 5) is 25.9. The maximum absolute atomic E-state index is 13.2. The molecular weight excluding hydrogens is 394 g/mol. The van der Waals surface area contributed by atoms with E-state index in [-0.39, 0.29) is 11.5 Å². The van der Waals surface area contributed by atoms with E-state index in [1.807, 2.05) is 59.4 Å². The molecule has 1 amide bonds. The third-order valence-electron chi connectivity index (χ3n) is 5.06. The number of carbonyl (C=O) groups excluding carboxylic acids is 1. The van der Waals surface area contributed by atoms with Crippen molar-refractivity contribution >= 4 is 22.5 Å². The van der Waals surface area contributed by atoms with Crippen LogP contribution in [0.4, 0.5) is 5.69 Å². The van der Waals surface area contributed by atoms with E-state index < -0.39 is 6.04 Å². The van der Waals surface area contributed by atoms with Gasteiger partial charge >= 0.3 is 0 Å². The van der Waals surface area contributed by atoms with E-state index in [1.54, 1.807) is 25.3 Å². The van der Waals surface area contributed by atoms with E-state index in [0.717, 1.165) is 5.56 Å². The van der Waals surface area contributed by atoms with Gasteiger partial charge in [-0.25, -0.2) is 4.68 Å². The zero-order valence-corrected chi connectivity index (χ0v) is 17.1. The third kappa shape index (κ3) is 4.70. The Bertz CT molecular complexity index is 1220. The van der Waals surface area contributed by atoms with Crippen molar-refractivity contribution < 1.29 is 9.53 Å². The molecule has 8 heteroatoms. The van der Waals surface area contributed by atoms with Crippen LogP contribution in [-0.2, 0) is 22.5 Å². The topological polar surface area (TPSA) is 91.0 Å². The molecule has 0 fully saturated rings. The quantitative estimate of drug-likeness (QED) is 0.476. The number of hydrogen-bond donors (Lipinski definition) is 1. The largest absolute Gasteiger partial charge is 0.383 e. The molecule has 0 spiro atoms. The first kappa shape index (κ1) is 20.5. The number of nitrogens with zero attached hydrogens (tertiary/aromatic N) is 4. The number of hydrogen-bond acceptors (Lipinski definition) is 5. The molecular formula is C23H23N5O3. The van der Waals surface area contributed by atoms with Crippen LogP contribution in [0.2, 0.25) is 0 Å². The van der Waals surface area contributed by atoms with Crippen molar-refractivity contribution in [1.29, 1.82) is 0 Å². The number of amides is 1. The molecule has 0 unspecified atom stereocenters. The van der Waals surface area contributed by atoms with Crippen LogP contribution in [-0.4, -0.2) is 39.2 Å². The molecule has 4 aromatic rings. The Morgan fingerprint density at radius 1 is 1.10 bits per heavy atom. The van der Waals surface area contributed by atoms with Crippen LogP contribution in [0.1, 0.15) is 11.6 Å². The van der Waals surface area contributed by atoms with Crippen molar-refractivity contribution in [1.82, 2.24) is 19.6 Å². The Hall–Kier alpha value is -3.78. The summed E-state index contributed by atoms with van der Waals surface area (Å²) >= 11 is 0. The van der Waals surface area contributed by atoms with Crippen molar-refractivity contribution in [2.75, 3.05) is 19.0 Å². The Labute approximate surface area is 179 Å². The first-order valence-electron chi connectivity index (χ1n) is 9.99. The zero-order valence-electron chi connectivity index (χ0n) is 17.1. The van der Waals surface area contributed by atoms with E-state index >= 15 is 0 Å². The molecule has 1 atom stereocenters. The van der Waals surface area contributed by atoms with Gasteiger partial charge in [-0.05, 0) is 35.9 Å². The first-order valence-corrected chi connectivity index (χ1v) is 9.99. The molecule has 0 saturated carbocycles. The average molecular weight is 417 g/mol. The summed E-state index contributed by atoms with van der Waals surface area (Å²) in [6.45, 7) is 0.663. The number of aromatic nitrogens is 4. The maximum atomic E-state index is 13.2. The van der Waals surface area contributed by atoms with E-state index in [4.69, 9.17) is 4.74 Å². The fourth-order valence-electron chi connectivity index (χ4n) is 3.43. The molecule has 0 aliphatic rings. The van der Waals surface area contributed by atoms with Gasteiger partial charge in [-0.15, -0.1) is 5.10 Å². The van der Waals surface area contributed by atoms with Gasteiger partial charge in [-0.3, -0.25) is 9.59 Å². The minimum absolute atomic E-state index is 0.166. The highest BCUT2D eigenvalue weighted by Crippen LogP contribution is 2.20. The van der Waals surface area contributed by atoms with Gasteiger partial charge in [0.2, 0.25) is 5.91 Å². The van der Waals surface area contributed by atoms with Crippen molar-refractivity contribution in [3.63, 3.8) is 0 Å². The molecule has 0 radical (unpaired) electrons. The monoisotopic (exact) mass is 417 g/mol. The van der Waals surface area contributed by atoms with Crippen LogP contribution >= 0.6 is 0 Å². The van der Waals surface area contributed by atoms with E-state index in [9.17, 15) is 9.59 Å². The number of anilines is 1. The van der Waals surface area contributed by atoms with Gasteiger partial charge in [0.05, 0.1) is 18.5 Å². The molecule has 2 heterocycles. The first-order chi connectivity index (χ1) is 15.2. The zero-order chi connectivity index (χ0) is 21.6. The number of rotatable bonds is 8. The second-order valence-electron chi connectivity index (χ2n) is 7.17. The van der Waals surface area contributed by atoms with Gasteiger partial charge in [0.15, 0.2) is 0 Å². The number of carbonyl (C=O) groups is 1. The lowest BCUT2D eigenvalue weighted by Gasteiger charge is -2.19. The molecule has 0 saturated heterocycles. The Balaban J connectivity index is 1.60. The lowest BCUT2D eigenvalue weighted by atomic mass is 10.0. The highest BCUT2D eigenvalue weighted by Gasteiger charge is 2.21. The molecule has 0 bridgehead atoms. The van der Waals surface area contributed by atoms with Gasteiger partial charge in [0.25, 0.3) is 5.56 Å². The summed E-state index contributed by atoms with van der Waals surface area (Å²) < 4.78 is 8.15. The van der Waals surface area contributed by atoms with Crippen LogP contribution < -0.4 is 10.9 Å². The predicted octanol–water partition coefficient (Wildman–Crippen LogP) is 2.66. The summed E-state index contributed by atoms with van der Waals surface area (Å²) in [5, 5.41) is 11.4. The van der Waals surface area contributed by atoms with Crippen LogP contribution in [0.5, 0.6) is 0 Å². The van der Waals surface area contributed by atoms with Gasteiger partial charge in [0, 0.05) is 31.6 Å². The molecule has 158 valence electrons. The van der Waals surface area contributed by atoms with Gasteiger partial charge in [-0.2, -0.15) is 0 Å². The fraction of sp³-hybridized carbons (Fsp3) is 0.217. The molecule has 0 aliphatic heterocycles. The third-order valence-corrected chi connectivity index (χ3v) is 5.06. The SMILES string of the molecule is COCCn1nnc2ccc(NC(=O)[C@H](Cc3ccccc3)n3cccc3)cc2c1=O. The normalized spacial score (nSPS) is 12.0. The average Bonchev–Trinajstić information content (AvgIpc) is 3.32. The van der Waals surface area contributed by atoms with E-state index in [0.29, 0.717) is 36.2 Å². The van der Waals surface area contributed by atoms with Crippen molar-refractivity contribution in [2.45, 2.75) is 19.0 Å². The molecule has 31 heavy (non-hydrogen) atoms. The molecule has 4 rings (SSSR count). The lowest BCUT2D eigenvalue weighted by Crippen LogP contribution is -2.28. The predicted molar refractivity (Wildman–Crippen MR) is 118 cm³/mol. The Morgan fingerprint density at radius 3 is 2.61 bits per heavy atom. The molecule has 8 nitrogen and oxygen atoms in total. The van der Waals surface area contributed by atoms with Gasteiger partial charge < -0.3 is 14.6 Å². The number of ether oxygens (including phenoxy) is 1. The molecule has 2 aromatic heterocycles. The van der Waals surface area contributed by atoms with Crippen molar-refractivity contribution in [3.05, 3.63) is 89.0 Å². The Morgan fingerprint density at radius 2 is 1.87 bits per heavy atom. The van der Waals surface area contributed by atoms with Crippen LogP contribution in [0.25, 0.3) is 10.9 Å². The number of fused-ring (bicyclic) bond motifs is 1. The van der Waals surface area contributed by atoms with Gasteiger partial charge in [-0.1, -0.05) is 35.5 Å². The van der Waals surface area contributed by atoms with E-state index in [2.05, 4.69) is 15.6 Å². The lowest BCUT2D eigenvalue weighted by molar-refractivity contribution is -0.119.